The van der Waals surface area contributed by atoms with Crippen molar-refractivity contribution in [2.75, 3.05) is 5.32 Å². The van der Waals surface area contributed by atoms with Crippen molar-refractivity contribution in [1.29, 1.82) is 0 Å². The molecule has 7 heteroatoms. The zero-order valence-corrected chi connectivity index (χ0v) is 15.3. The third kappa shape index (κ3) is 4.44. The van der Waals surface area contributed by atoms with Crippen molar-refractivity contribution in [1.82, 2.24) is 20.2 Å². The highest BCUT2D eigenvalue weighted by Crippen LogP contribution is 2.19. The van der Waals surface area contributed by atoms with Gasteiger partial charge >= 0.3 is 0 Å². The molecule has 0 unspecified atom stereocenters. The van der Waals surface area contributed by atoms with Crippen molar-refractivity contribution >= 4 is 17.7 Å². The summed E-state index contributed by atoms with van der Waals surface area (Å²) in [6.07, 6.45) is 3.17. The fourth-order valence-electron chi connectivity index (χ4n) is 2.55. The number of benzene rings is 2. The van der Waals surface area contributed by atoms with E-state index in [0.29, 0.717) is 17.4 Å². The van der Waals surface area contributed by atoms with E-state index in [1.807, 2.05) is 24.3 Å². The zero-order valence-electron chi connectivity index (χ0n) is 15.3. The first kappa shape index (κ1) is 18.4. The maximum Gasteiger partial charge on any atom is 0.248 e. The number of tetrazole rings is 1. The van der Waals surface area contributed by atoms with E-state index in [1.54, 1.807) is 13.0 Å². The van der Waals surface area contributed by atoms with Crippen molar-refractivity contribution < 1.29 is 9.18 Å². The first-order chi connectivity index (χ1) is 12.9. The lowest BCUT2D eigenvalue weighted by molar-refractivity contribution is -0.111. The largest absolute Gasteiger partial charge is 0.322 e. The fraction of sp³-hybridized carbons (Fsp3) is 0.200. The van der Waals surface area contributed by atoms with Gasteiger partial charge in [-0.3, -0.25) is 4.79 Å². The summed E-state index contributed by atoms with van der Waals surface area (Å²) in [6, 6.07) is 12.3. The molecule has 0 aliphatic carbocycles. The Kier molecular flexibility index (Phi) is 5.40. The number of nitrogens with one attached hydrogen (secondary N) is 1. The average molecular weight is 365 g/mol. The molecule has 1 N–H and O–H groups in total. The minimum Gasteiger partial charge on any atom is -0.322 e. The topological polar surface area (TPSA) is 72.7 Å². The van der Waals surface area contributed by atoms with Gasteiger partial charge in [0.1, 0.15) is 11.5 Å². The summed E-state index contributed by atoms with van der Waals surface area (Å²) in [7, 11) is 0. The fourth-order valence-corrected chi connectivity index (χ4v) is 2.55. The summed E-state index contributed by atoms with van der Waals surface area (Å²) in [6.45, 7) is 5.93. The van der Waals surface area contributed by atoms with Gasteiger partial charge in [-0.2, -0.15) is 4.68 Å². The Morgan fingerprint density at radius 3 is 2.56 bits per heavy atom. The second kappa shape index (κ2) is 7.90. The molecule has 27 heavy (non-hydrogen) atoms. The Labute approximate surface area is 156 Å². The highest BCUT2D eigenvalue weighted by atomic mass is 19.1. The molecule has 6 nitrogen and oxygen atoms in total. The summed E-state index contributed by atoms with van der Waals surface area (Å²) in [5.74, 6) is 0.114. The molecule has 1 amide bonds. The van der Waals surface area contributed by atoms with Crippen LogP contribution < -0.4 is 5.32 Å². The molecule has 0 radical (unpaired) electrons. The Balaban J connectivity index is 1.71. The smallest absolute Gasteiger partial charge is 0.248 e. The summed E-state index contributed by atoms with van der Waals surface area (Å²) >= 11 is 0. The summed E-state index contributed by atoms with van der Waals surface area (Å²) in [4.78, 5) is 12.2. The Bertz CT molecular complexity index is 976. The van der Waals surface area contributed by atoms with Crippen LogP contribution in [-0.2, 0) is 4.79 Å². The number of aryl methyl sites for hydroxylation is 1. The monoisotopic (exact) mass is 365 g/mol. The van der Waals surface area contributed by atoms with E-state index < -0.39 is 5.82 Å². The van der Waals surface area contributed by atoms with E-state index in [2.05, 4.69) is 34.7 Å². The lowest BCUT2D eigenvalue weighted by atomic mass is 10.0. The molecule has 0 saturated heterocycles. The molecular weight excluding hydrogens is 345 g/mol. The number of aromatic nitrogens is 4. The number of carbonyl (C=O) groups is 1. The van der Waals surface area contributed by atoms with Gasteiger partial charge in [0.15, 0.2) is 5.82 Å². The molecule has 1 heterocycles. The molecule has 3 aromatic rings. The number of carbonyl (C=O) groups excluding carboxylic acids is 1. The molecule has 138 valence electrons. The van der Waals surface area contributed by atoms with Gasteiger partial charge < -0.3 is 5.32 Å². The van der Waals surface area contributed by atoms with Crippen LogP contribution in [0.1, 0.15) is 36.7 Å². The number of anilines is 1. The minimum absolute atomic E-state index is 0.170. The SMILES string of the molecule is Cc1nnnn1-c1cc(NC(=O)/C=C/c2ccc(C(C)C)cc2)ccc1F. The van der Waals surface area contributed by atoms with Crippen molar-refractivity contribution in [2.45, 2.75) is 26.7 Å². The van der Waals surface area contributed by atoms with Gasteiger partial charge in [0.25, 0.3) is 0 Å². The van der Waals surface area contributed by atoms with E-state index in [4.69, 9.17) is 0 Å². The number of amides is 1. The summed E-state index contributed by atoms with van der Waals surface area (Å²) in [5.41, 5.74) is 2.79. The van der Waals surface area contributed by atoms with Crippen LogP contribution in [-0.4, -0.2) is 26.1 Å². The quantitative estimate of drug-likeness (QED) is 0.696. The maximum atomic E-state index is 14.1. The standard InChI is InChI=1S/C20H20FN5O/c1-13(2)16-7-4-15(5-8-16)6-11-20(27)22-17-9-10-18(21)19(12-17)26-14(3)23-24-25-26/h4-13H,1-3H3,(H,22,27)/b11-6+. The maximum absolute atomic E-state index is 14.1. The predicted octanol–water partition coefficient (Wildman–Crippen LogP) is 3.89. The van der Waals surface area contributed by atoms with E-state index in [-0.39, 0.29) is 11.6 Å². The van der Waals surface area contributed by atoms with E-state index in [0.717, 1.165) is 5.56 Å². The Hall–Kier alpha value is -3.35. The molecule has 0 atom stereocenters. The molecule has 0 spiro atoms. The molecule has 0 bridgehead atoms. The first-order valence-electron chi connectivity index (χ1n) is 8.58. The van der Waals surface area contributed by atoms with Crippen LogP contribution in [0.25, 0.3) is 11.8 Å². The second-order valence-electron chi connectivity index (χ2n) is 6.45. The van der Waals surface area contributed by atoms with Gasteiger partial charge in [-0.05, 0) is 58.7 Å². The van der Waals surface area contributed by atoms with Crippen LogP contribution >= 0.6 is 0 Å². The molecule has 0 aliphatic rings. The van der Waals surface area contributed by atoms with Crippen LogP contribution in [0.5, 0.6) is 0 Å². The van der Waals surface area contributed by atoms with Crippen LogP contribution in [0.15, 0.2) is 48.5 Å². The third-order valence-electron chi connectivity index (χ3n) is 4.10. The number of hydrogen-bond donors (Lipinski definition) is 1. The lowest BCUT2D eigenvalue weighted by Gasteiger charge is -2.07. The third-order valence-corrected chi connectivity index (χ3v) is 4.10. The van der Waals surface area contributed by atoms with Crippen molar-refractivity contribution in [2.24, 2.45) is 0 Å². The first-order valence-corrected chi connectivity index (χ1v) is 8.58. The van der Waals surface area contributed by atoms with E-state index in [9.17, 15) is 9.18 Å². The van der Waals surface area contributed by atoms with Crippen molar-refractivity contribution in [3.63, 3.8) is 0 Å². The Morgan fingerprint density at radius 1 is 1.19 bits per heavy atom. The lowest BCUT2D eigenvalue weighted by Crippen LogP contribution is -2.09. The average Bonchev–Trinajstić information content (AvgIpc) is 3.07. The van der Waals surface area contributed by atoms with Gasteiger partial charge in [0.05, 0.1) is 0 Å². The van der Waals surface area contributed by atoms with Gasteiger partial charge in [0.2, 0.25) is 5.91 Å². The van der Waals surface area contributed by atoms with Crippen LogP contribution in [0.4, 0.5) is 10.1 Å². The second-order valence-corrected chi connectivity index (χ2v) is 6.45. The zero-order chi connectivity index (χ0) is 19.4. The molecule has 2 aromatic carbocycles. The molecule has 0 aliphatic heterocycles. The van der Waals surface area contributed by atoms with Gasteiger partial charge in [-0.25, -0.2) is 4.39 Å². The molecule has 0 saturated carbocycles. The highest BCUT2D eigenvalue weighted by molar-refractivity contribution is 6.02. The van der Waals surface area contributed by atoms with Crippen LogP contribution in [0.3, 0.4) is 0 Å². The van der Waals surface area contributed by atoms with Crippen molar-refractivity contribution in [3.05, 3.63) is 71.3 Å². The summed E-state index contributed by atoms with van der Waals surface area (Å²) in [5, 5.41) is 13.7. The molecule has 3 rings (SSSR count). The van der Waals surface area contributed by atoms with Gasteiger partial charge in [0, 0.05) is 11.8 Å². The number of rotatable bonds is 5. The van der Waals surface area contributed by atoms with Crippen LogP contribution in [0, 0.1) is 12.7 Å². The number of nitrogens with zero attached hydrogens (tertiary/aromatic N) is 4. The van der Waals surface area contributed by atoms with Gasteiger partial charge in [-0.1, -0.05) is 38.1 Å². The minimum atomic E-state index is -0.482. The molecule has 0 fully saturated rings. The normalized spacial score (nSPS) is 11.3. The molecule has 1 aromatic heterocycles. The van der Waals surface area contributed by atoms with E-state index >= 15 is 0 Å². The summed E-state index contributed by atoms with van der Waals surface area (Å²) < 4.78 is 15.3. The van der Waals surface area contributed by atoms with Crippen molar-refractivity contribution in [3.8, 4) is 5.69 Å². The number of hydrogen-bond acceptors (Lipinski definition) is 4. The highest BCUT2D eigenvalue weighted by Gasteiger charge is 2.11. The number of halogens is 1. The van der Waals surface area contributed by atoms with E-state index in [1.165, 1.54) is 34.5 Å². The van der Waals surface area contributed by atoms with Gasteiger partial charge in [-0.15, -0.1) is 5.10 Å². The molecular formula is C20H20FN5O. The predicted molar refractivity (Wildman–Crippen MR) is 102 cm³/mol. The van der Waals surface area contributed by atoms with Crippen LogP contribution in [0.2, 0.25) is 0 Å². The Morgan fingerprint density at radius 2 is 1.93 bits per heavy atom.